The molecule has 0 spiro atoms. The van der Waals surface area contributed by atoms with E-state index in [-0.39, 0.29) is 10.9 Å². The molecule has 0 aliphatic heterocycles. The number of rotatable bonds is 4. The number of pyridine rings is 1. The van der Waals surface area contributed by atoms with Crippen LogP contribution in [0.3, 0.4) is 0 Å². The summed E-state index contributed by atoms with van der Waals surface area (Å²) < 4.78 is 6.30. The van der Waals surface area contributed by atoms with Gasteiger partial charge in [-0.1, -0.05) is 44.0 Å². The van der Waals surface area contributed by atoms with Gasteiger partial charge in [0.05, 0.1) is 12.3 Å². The van der Waals surface area contributed by atoms with E-state index >= 15 is 0 Å². The highest BCUT2D eigenvalue weighted by Gasteiger charge is 2.37. The van der Waals surface area contributed by atoms with Gasteiger partial charge in [-0.3, -0.25) is 0 Å². The van der Waals surface area contributed by atoms with Crippen LogP contribution in [0.2, 0.25) is 28.2 Å². The van der Waals surface area contributed by atoms with E-state index in [0.29, 0.717) is 22.3 Å². The smallest absolute Gasteiger partial charge is 0.214 e. The van der Waals surface area contributed by atoms with Crippen molar-refractivity contribution in [1.82, 2.24) is 4.98 Å². The van der Waals surface area contributed by atoms with Gasteiger partial charge >= 0.3 is 0 Å². The average Bonchev–Trinajstić information content (AvgIpc) is 2.46. The summed E-state index contributed by atoms with van der Waals surface area (Å²) in [5, 5.41) is 11.4. The summed E-state index contributed by atoms with van der Waals surface area (Å²) in [6, 6.07) is 7.17. The first kappa shape index (κ1) is 20.2. The van der Waals surface area contributed by atoms with Gasteiger partial charge in [0.15, 0.2) is 8.32 Å². The topological polar surface area (TPSA) is 42.4 Å². The van der Waals surface area contributed by atoms with Crippen LogP contribution in [0.15, 0.2) is 24.3 Å². The molecule has 1 aromatic carbocycles. The van der Waals surface area contributed by atoms with E-state index in [1.165, 1.54) is 0 Å². The van der Waals surface area contributed by atoms with Crippen molar-refractivity contribution in [3.8, 4) is 17.1 Å². The molecule has 0 fully saturated rings. The summed E-state index contributed by atoms with van der Waals surface area (Å²) in [6.07, 6.45) is 0. The lowest BCUT2D eigenvalue weighted by molar-refractivity contribution is 0.274. The lowest BCUT2D eigenvalue weighted by atomic mass is 10.1. The number of benzene rings is 1. The van der Waals surface area contributed by atoms with Gasteiger partial charge in [0.2, 0.25) is 5.88 Å². The Kier molecular flexibility index (Phi) is 5.89. The van der Waals surface area contributed by atoms with Gasteiger partial charge in [-0.25, -0.2) is 4.98 Å². The fourth-order valence-corrected chi connectivity index (χ4v) is 3.60. The molecule has 1 heterocycles. The van der Waals surface area contributed by atoms with Crippen LogP contribution in [0.4, 0.5) is 0 Å². The zero-order chi connectivity index (χ0) is 19.0. The van der Waals surface area contributed by atoms with Crippen LogP contribution in [0, 0.1) is 6.92 Å². The minimum absolute atomic E-state index is 0.00225. The normalized spacial score (nSPS) is 12.5. The highest BCUT2D eigenvalue weighted by atomic mass is 35.5. The molecule has 25 heavy (non-hydrogen) atoms. The summed E-state index contributed by atoms with van der Waals surface area (Å²) in [6.45, 7) is 13.3. The van der Waals surface area contributed by atoms with Crippen molar-refractivity contribution in [1.29, 1.82) is 0 Å². The molecular weight excluding hydrogens is 373 g/mol. The Morgan fingerprint density at radius 1 is 1.08 bits per heavy atom. The van der Waals surface area contributed by atoms with Crippen molar-refractivity contribution in [2.45, 2.75) is 52.4 Å². The third kappa shape index (κ3) is 4.76. The first-order valence-corrected chi connectivity index (χ1v) is 11.9. The summed E-state index contributed by atoms with van der Waals surface area (Å²) in [5.74, 6) is 0.00225. The van der Waals surface area contributed by atoms with Gasteiger partial charge in [-0.15, -0.1) is 0 Å². The fraction of sp³-hybridized carbons (Fsp3) is 0.421. The second-order valence-electron chi connectivity index (χ2n) is 7.82. The SMILES string of the molecule is Cc1c(CO[Si](C)(C)C(C)(C)C)cc(-c2cc(Cl)cc(Cl)c2)nc1O. The Morgan fingerprint density at radius 2 is 1.64 bits per heavy atom. The molecule has 0 aliphatic carbocycles. The largest absolute Gasteiger partial charge is 0.493 e. The highest BCUT2D eigenvalue weighted by Crippen LogP contribution is 2.38. The first-order chi connectivity index (χ1) is 11.4. The van der Waals surface area contributed by atoms with E-state index in [2.05, 4.69) is 38.8 Å². The number of aromatic hydroxyl groups is 1. The van der Waals surface area contributed by atoms with Crippen LogP contribution in [-0.2, 0) is 11.0 Å². The Labute approximate surface area is 161 Å². The molecule has 2 rings (SSSR count). The Morgan fingerprint density at radius 3 is 2.16 bits per heavy atom. The number of hydrogen-bond acceptors (Lipinski definition) is 3. The fourth-order valence-electron chi connectivity index (χ4n) is 2.12. The van der Waals surface area contributed by atoms with Crippen LogP contribution < -0.4 is 0 Å². The maximum absolute atomic E-state index is 10.2. The zero-order valence-electron chi connectivity index (χ0n) is 15.6. The molecule has 1 N–H and O–H groups in total. The maximum Gasteiger partial charge on any atom is 0.214 e. The maximum atomic E-state index is 10.2. The third-order valence-corrected chi connectivity index (χ3v) is 9.82. The molecule has 0 saturated carbocycles. The van der Waals surface area contributed by atoms with Crippen molar-refractivity contribution in [2.24, 2.45) is 0 Å². The molecule has 0 unspecified atom stereocenters. The zero-order valence-corrected chi connectivity index (χ0v) is 18.1. The molecule has 0 radical (unpaired) electrons. The minimum Gasteiger partial charge on any atom is -0.493 e. The van der Waals surface area contributed by atoms with E-state index < -0.39 is 8.32 Å². The van der Waals surface area contributed by atoms with E-state index in [0.717, 1.165) is 16.7 Å². The van der Waals surface area contributed by atoms with Crippen molar-refractivity contribution < 1.29 is 9.53 Å². The van der Waals surface area contributed by atoms with Crippen LogP contribution in [0.25, 0.3) is 11.3 Å². The molecule has 3 nitrogen and oxygen atoms in total. The molecule has 136 valence electrons. The molecule has 0 amide bonds. The van der Waals surface area contributed by atoms with Crippen LogP contribution in [0.5, 0.6) is 5.88 Å². The highest BCUT2D eigenvalue weighted by molar-refractivity contribution is 6.74. The molecule has 1 aromatic heterocycles. The molecule has 0 bridgehead atoms. The lowest BCUT2D eigenvalue weighted by Gasteiger charge is -2.36. The van der Waals surface area contributed by atoms with E-state index in [1.54, 1.807) is 18.2 Å². The Bertz CT molecular complexity index is 765. The van der Waals surface area contributed by atoms with Gasteiger partial charge in [0.1, 0.15) is 0 Å². The number of hydrogen-bond donors (Lipinski definition) is 1. The quantitative estimate of drug-likeness (QED) is 0.591. The van der Waals surface area contributed by atoms with Crippen molar-refractivity contribution in [2.75, 3.05) is 0 Å². The van der Waals surface area contributed by atoms with E-state index in [4.69, 9.17) is 27.6 Å². The number of nitrogens with zero attached hydrogens (tertiary/aromatic N) is 1. The van der Waals surface area contributed by atoms with Crippen LogP contribution in [-0.4, -0.2) is 18.4 Å². The molecule has 0 atom stereocenters. The summed E-state index contributed by atoms with van der Waals surface area (Å²) >= 11 is 12.2. The van der Waals surface area contributed by atoms with Gasteiger partial charge in [-0.2, -0.15) is 0 Å². The molecule has 0 saturated heterocycles. The van der Waals surface area contributed by atoms with Crippen LogP contribution >= 0.6 is 23.2 Å². The molecular formula is C19H25Cl2NO2Si. The molecule has 0 aliphatic rings. The average molecular weight is 398 g/mol. The minimum atomic E-state index is -1.89. The molecule has 6 heteroatoms. The van der Waals surface area contributed by atoms with Gasteiger partial charge in [0, 0.05) is 21.2 Å². The van der Waals surface area contributed by atoms with Gasteiger partial charge in [0.25, 0.3) is 0 Å². The second-order valence-corrected chi connectivity index (χ2v) is 13.5. The van der Waals surface area contributed by atoms with Crippen molar-refractivity contribution in [3.05, 3.63) is 45.4 Å². The standard InChI is InChI=1S/C19H25Cl2NO2Si/c1-12-14(11-24-25(5,6)19(2,3)4)9-17(22-18(12)23)13-7-15(20)10-16(21)8-13/h7-10H,11H2,1-6H3,(H,22,23). The number of aromatic nitrogens is 1. The Balaban J connectivity index is 2.38. The molecule has 2 aromatic rings. The summed E-state index contributed by atoms with van der Waals surface area (Å²) in [5.41, 5.74) is 3.04. The first-order valence-electron chi connectivity index (χ1n) is 8.20. The van der Waals surface area contributed by atoms with Crippen molar-refractivity contribution in [3.63, 3.8) is 0 Å². The number of halogens is 2. The van der Waals surface area contributed by atoms with E-state index in [9.17, 15) is 5.11 Å². The summed E-state index contributed by atoms with van der Waals surface area (Å²) in [7, 11) is -1.89. The predicted molar refractivity (Wildman–Crippen MR) is 108 cm³/mol. The van der Waals surface area contributed by atoms with E-state index in [1.807, 2.05) is 13.0 Å². The predicted octanol–water partition coefficient (Wildman–Crippen LogP) is 6.59. The van der Waals surface area contributed by atoms with Gasteiger partial charge in [-0.05, 0) is 54.9 Å². The van der Waals surface area contributed by atoms with Gasteiger partial charge < -0.3 is 9.53 Å². The Hall–Kier alpha value is -1.07. The summed E-state index contributed by atoms with van der Waals surface area (Å²) in [4.78, 5) is 4.27. The lowest BCUT2D eigenvalue weighted by Crippen LogP contribution is -2.40. The van der Waals surface area contributed by atoms with Crippen LogP contribution in [0.1, 0.15) is 31.9 Å². The monoisotopic (exact) mass is 397 g/mol. The van der Waals surface area contributed by atoms with Crippen molar-refractivity contribution >= 4 is 31.5 Å². The second kappa shape index (κ2) is 7.27. The third-order valence-electron chi connectivity index (χ3n) is 4.91.